The van der Waals surface area contributed by atoms with E-state index in [1.807, 2.05) is 12.1 Å². The number of aromatic nitrogens is 3. The van der Waals surface area contributed by atoms with E-state index in [4.69, 9.17) is 0 Å². The summed E-state index contributed by atoms with van der Waals surface area (Å²) in [5.74, 6) is 1.82. The third kappa shape index (κ3) is 4.22. The molecular formula is C22H26N6. The van der Waals surface area contributed by atoms with E-state index < -0.39 is 0 Å². The number of aryl methyl sites for hydroxylation is 3. The summed E-state index contributed by atoms with van der Waals surface area (Å²) in [5, 5.41) is 6.67. The highest BCUT2D eigenvalue weighted by atomic mass is 15.3. The van der Waals surface area contributed by atoms with E-state index in [9.17, 15) is 0 Å². The molecule has 2 heterocycles. The van der Waals surface area contributed by atoms with Crippen molar-refractivity contribution in [2.75, 3.05) is 28.6 Å². The zero-order valence-corrected chi connectivity index (χ0v) is 16.7. The first kappa shape index (κ1) is 18.2. The lowest BCUT2D eigenvalue weighted by Crippen LogP contribution is -2.21. The van der Waals surface area contributed by atoms with E-state index in [2.05, 4.69) is 81.6 Å². The van der Waals surface area contributed by atoms with Crippen LogP contribution >= 0.6 is 0 Å². The second kappa shape index (κ2) is 7.84. The van der Waals surface area contributed by atoms with Crippen LogP contribution in [0.4, 0.5) is 29.2 Å². The third-order valence-corrected chi connectivity index (χ3v) is 5.05. The average Bonchev–Trinajstić information content (AvgIpc) is 3.19. The summed E-state index contributed by atoms with van der Waals surface area (Å²) in [7, 11) is 0. The lowest BCUT2D eigenvalue weighted by Gasteiger charge is -2.17. The fourth-order valence-corrected chi connectivity index (χ4v) is 3.34. The molecule has 1 fully saturated rings. The number of nitrogens with zero attached hydrogens (tertiary/aromatic N) is 4. The van der Waals surface area contributed by atoms with Gasteiger partial charge in [0.25, 0.3) is 0 Å². The summed E-state index contributed by atoms with van der Waals surface area (Å²) in [6.07, 6.45) is 2.35. The van der Waals surface area contributed by atoms with Gasteiger partial charge in [-0.05, 0) is 74.6 Å². The van der Waals surface area contributed by atoms with Gasteiger partial charge in [-0.25, -0.2) is 0 Å². The van der Waals surface area contributed by atoms with Gasteiger partial charge in [0.05, 0.1) is 0 Å². The maximum Gasteiger partial charge on any atom is 0.233 e. The fraction of sp³-hybridized carbons (Fsp3) is 0.318. The van der Waals surface area contributed by atoms with Crippen LogP contribution in [0.25, 0.3) is 0 Å². The number of hydrogen-bond donors (Lipinski definition) is 2. The van der Waals surface area contributed by atoms with Crippen molar-refractivity contribution in [2.24, 2.45) is 0 Å². The minimum absolute atomic E-state index is 0.550. The monoisotopic (exact) mass is 374 g/mol. The molecule has 0 aliphatic carbocycles. The molecule has 0 atom stereocenters. The van der Waals surface area contributed by atoms with E-state index in [1.165, 1.54) is 29.5 Å². The Morgan fingerprint density at radius 2 is 1.43 bits per heavy atom. The quantitative estimate of drug-likeness (QED) is 0.663. The topological polar surface area (TPSA) is 66.0 Å². The van der Waals surface area contributed by atoms with Gasteiger partial charge in [0.2, 0.25) is 17.8 Å². The molecule has 0 radical (unpaired) electrons. The minimum atomic E-state index is 0.550. The Balaban J connectivity index is 1.66. The van der Waals surface area contributed by atoms with Crippen molar-refractivity contribution in [3.63, 3.8) is 0 Å². The Kier molecular flexibility index (Phi) is 5.10. The van der Waals surface area contributed by atoms with Crippen molar-refractivity contribution in [1.82, 2.24) is 15.0 Å². The van der Waals surface area contributed by atoms with Crippen LogP contribution in [-0.2, 0) is 0 Å². The standard InChI is InChI=1S/C22H26N6/c1-15-7-6-8-18(13-15)23-20-25-21(24-19-10-9-16(2)17(3)14-19)27-22(26-20)28-11-4-5-12-28/h6-10,13-14H,4-5,11-12H2,1-3H3,(H2,23,24,25,26,27). The van der Waals surface area contributed by atoms with Gasteiger partial charge < -0.3 is 15.5 Å². The van der Waals surface area contributed by atoms with Crippen LogP contribution in [0.5, 0.6) is 0 Å². The molecule has 1 aliphatic heterocycles. The molecule has 2 N–H and O–H groups in total. The molecule has 0 bridgehead atoms. The summed E-state index contributed by atoms with van der Waals surface area (Å²) in [5.41, 5.74) is 5.63. The lowest BCUT2D eigenvalue weighted by atomic mass is 10.1. The van der Waals surface area contributed by atoms with E-state index in [-0.39, 0.29) is 0 Å². The maximum absolute atomic E-state index is 4.67. The smallest absolute Gasteiger partial charge is 0.233 e. The van der Waals surface area contributed by atoms with Crippen molar-refractivity contribution in [3.8, 4) is 0 Å². The molecule has 0 unspecified atom stereocenters. The third-order valence-electron chi connectivity index (χ3n) is 5.05. The van der Waals surface area contributed by atoms with Crippen LogP contribution in [0.15, 0.2) is 42.5 Å². The molecule has 4 rings (SSSR count). The normalized spacial score (nSPS) is 13.6. The second-order valence-electron chi connectivity index (χ2n) is 7.40. The molecule has 6 nitrogen and oxygen atoms in total. The summed E-state index contributed by atoms with van der Waals surface area (Å²) >= 11 is 0. The van der Waals surface area contributed by atoms with Crippen molar-refractivity contribution >= 4 is 29.2 Å². The Hall–Kier alpha value is -3.15. The predicted molar refractivity (Wildman–Crippen MR) is 115 cm³/mol. The molecular weight excluding hydrogens is 348 g/mol. The molecule has 2 aromatic carbocycles. The van der Waals surface area contributed by atoms with Crippen molar-refractivity contribution in [1.29, 1.82) is 0 Å². The van der Waals surface area contributed by atoms with Crippen LogP contribution in [0.2, 0.25) is 0 Å². The minimum Gasteiger partial charge on any atom is -0.341 e. The van der Waals surface area contributed by atoms with E-state index in [0.29, 0.717) is 17.8 Å². The number of hydrogen-bond acceptors (Lipinski definition) is 6. The zero-order valence-electron chi connectivity index (χ0n) is 16.7. The number of benzene rings is 2. The van der Waals surface area contributed by atoms with E-state index in [1.54, 1.807) is 0 Å². The van der Waals surface area contributed by atoms with Gasteiger partial charge in [-0.15, -0.1) is 0 Å². The van der Waals surface area contributed by atoms with Crippen LogP contribution in [-0.4, -0.2) is 28.0 Å². The SMILES string of the molecule is Cc1cccc(Nc2nc(Nc3ccc(C)c(C)c3)nc(N3CCCC3)n2)c1. The van der Waals surface area contributed by atoms with Crippen LogP contribution < -0.4 is 15.5 Å². The Morgan fingerprint density at radius 3 is 2.07 bits per heavy atom. The number of nitrogens with one attached hydrogen (secondary N) is 2. The van der Waals surface area contributed by atoms with Crippen LogP contribution in [0.3, 0.4) is 0 Å². The fourth-order valence-electron chi connectivity index (χ4n) is 3.34. The average molecular weight is 374 g/mol. The first-order chi connectivity index (χ1) is 13.6. The molecule has 1 aliphatic rings. The Labute approximate surface area is 166 Å². The van der Waals surface area contributed by atoms with E-state index >= 15 is 0 Å². The van der Waals surface area contributed by atoms with Crippen LogP contribution in [0, 0.1) is 20.8 Å². The first-order valence-electron chi connectivity index (χ1n) is 9.76. The Bertz CT molecular complexity index is 979. The van der Waals surface area contributed by atoms with Gasteiger partial charge in [0.1, 0.15) is 0 Å². The van der Waals surface area contributed by atoms with Crippen molar-refractivity contribution < 1.29 is 0 Å². The van der Waals surface area contributed by atoms with Gasteiger partial charge in [-0.1, -0.05) is 18.2 Å². The molecule has 0 spiro atoms. The highest BCUT2D eigenvalue weighted by Crippen LogP contribution is 2.23. The number of anilines is 5. The molecule has 144 valence electrons. The summed E-state index contributed by atoms with van der Waals surface area (Å²) in [6, 6.07) is 14.5. The summed E-state index contributed by atoms with van der Waals surface area (Å²) in [6.45, 7) is 8.25. The number of rotatable bonds is 5. The Morgan fingerprint density at radius 1 is 0.750 bits per heavy atom. The molecule has 0 amide bonds. The molecule has 1 aromatic heterocycles. The van der Waals surface area contributed by atoms with Crippen LogP contribution in [0.1, 0.15) is 29.5 Å². The predicted octanol–water partition coefficient (Wildman–Crippen LogP) is 4.88. The van der Waals surface area contributed by atoms with Crippen molar-refractivity contribution in [3.05, 3.63) is 59.2 Å². The maximum atomic E-state index is 4.67. The molecule has 0 saturated carbocycles. The first-order valence-corrected chi connectivity index (χ1v) is 9.76. The van der Waals surface area contributed by atoms with Gasteiger partial charge >= 0.3 is 0 Å². The zero-order chi connectivity index (χ0) is 19.5. The largest absolute Gasteiger partial charge is 0.341 e. The molecule has 3 aromatic rings. The lowest BCUT2D eigenvalue weighted by molar-refractivity contribution is 0.886. The second-order valence-corrected chi connectivity index (χ2v) is 7.40. The highest BCUT2D eigenvalue weighted by molar-refractivity contribution is 5.60. The van der Waals surface area contributed by atoms with Gasteiger partial charge in [0.15, 0.2) is 0 Å². The van der Waals surface area contributed by atoms with Gasteiger partial charge in [0, 0.05) is 24.5 Å². The summed E-state index contributed by atoms with van der Waals surface area (Å²) in [4.78, 5) is 16.2. The molecule has 28 heavy (non-hydrogen) atoms. The molecule has 1 saturated heterocycles. The van der Waals surface area contributed by atoms with Gasteiger partial charge in [-0.3, -0.25) is 0 Å². The summed E-state index contributed by atoms with van der Waals surface area (Å²) < 4.78 is 0. The van der Waals surface area contributed by atoms with E-state index in [0.717, 1.165) is 24.5 Å². The van der Waals surface area contributed by atoms with Crippen molar-refractivity contribution in [2.45, 2.75) is 33.6 Å². The highest BCUT2D eigenvalue weighted by Gasteiger charge is 2.18. The van der Waals surface area contributed by atoms with Gasteiger partial charge in [-0.2, -0.15) is 15.0 Å². The molecule has 6 heteroatoms.